The average Bonchev–Trinajstić information content (AvgIpc) is 2.31. The van der Waals surface area contributed by atoms with Gasteiger partial charge in [-0.05, 0) is 25.8 Å². The smallest absolute Gasteiger partial charge is 0.152 e. The molecule has 0 saturated heterocycles. The van der Waals surface area contributed by atoms with Crippen molar-refractivity contribution in [3.63, 3.8) is 0 Å². The summed E-state index contributed by atoms with van der Waals surface area (Å²) in [4.78, 5) is 13.7. The van der Waals surface area contributed by atoms with Gasteiger partial charge in [-0.25, -0.2) is 0 Å². The zero-order valence-corrected chi connectivity index (χ0v) is 13.6. The maximum absolute atomic E-state index is 11.8. The van der Waals surface area contributed by atoms with Gasteiger partial charge >= 0.3 is 0 Å². The number of hydrogen-bond donors (Lipinski definition) is 0. The van der Waals surface area contributed by atoms with Crippen LogP contribution in [0.3, 0.4) is 0 Å². The Balaban J connectivity index is 5.47. The molecule has 0 aromatic rings. The number of ether oxygens (including phenoxy) is 1. The van der Waals surface area contributed by atoms with Crippen molar-refractivity contribution in [2.75, 3.05) is 14.2 Å². The molecule has 0 N–H and O–H groups in total. The monoisotopic (exact) mass is 277 g/mol. The lowest BCUT2D eigenvalue weighted by Gasteiger charge is -2.28. The summed E-state index contributed by atoms with van der Waals surface area (Å²) in [5, 5.41) is 0. The van der Waals surface area contributed by atoms with E-state index in [9.17, 15) is 4.79 Å². The summed E-state index contributed by atoms with van der Waals surface area (Å²) < 4.78 is 5.36. The van der Waals surface area contributed by atoms with E-state index in [-0.39, 0.29) is 17.7 Å². The van der Waals surface area contributed by atoms with Crippen molar-refractivity contribution < 1.29 is 9.53 Å². The van der Waals surface area contributed by atoms with E-state index in [4.69, 9.17) is 4.74 Å². The van der Waals surface area contributed by atoms with E-state index in [1.807, 2.05) is 45.0 Å². The number of hydrogen-bond acceptors (Lipinski definition) is 3. The number of methoxy groups -OCH3 is 1. The molecule has 0 heterocycles. The molecule has 0 aliphatic carbocycles. The SMILES string of the molecule is C=CC(=C\N(C)C(C(C)=O)C(C)C)/C(=C/C(=C)C)OC. The first-order valence-corrected chi connectivity index (χ1v) is 6.72. The van der Waals surface area contributed by atoms with Gasteiger partial charge in [-0.15, -0.1) is 0 Å². The second kappa shape index (κ2) is 8.41. The Morgan fingerprint density at radius 1 is 1.30 bits per heavy atom. The van der Waals surface area contributed by atoms with Crippen LogP contribution in [0.15, 0.2) is 48.4 Å². The number of Topliss-reactive ketones (excluding diaryl/α,β-unsaturated/α-hetero) is 1. The van der Waals surface area contributed by atoms with Crippen LogP contribution in [0.25, 0.3) is 0 Å². The van der Waals surface area contributed by atoms with Gasteiger partial charge in [-0.2, -0.15) is 0 Å². The molecule has 0 rings (SSSR count). The first-order chi connectivity index (χ1) is 9.24. The predicted molar refractivity (Wildman–Crippen MR) is 85.3 cm³/mol. The number of ketones is 1. The number of carbonyl (C=O) groups excluding carboxylic acids is 1. The van der Waals surface area contributed by atoms with Gasteiger partial charge in [0.25, 0.3) is 0 Å². The highest BCUT2D eigenvalue weighted by atomic mass is 16.5. The number of allylic oxidation sites excluding steroid dienone is 3. The Morgan fingerprint density at radius 3 is 2.15 bits per heavy atom. The zero-order valence-electron chi connectivity index (χ0n) is 13.6. The molecular formula is C17H27NO2. The van der Waals surface area contributed by atoms with Gasteiger partial charge in [0.1, 0.15) is 5.76 Å². The van der Waals surface area contributed by atoms with Crippen LogP contribution >= 0.6 is 0 Å². The lowest BCUT2D eigenvalue weighted by molar-refractivity contribution is -0.122. The Hall–Kier alpha value is -1.77. The molecule has 0 spiro atoms. The molecule has 3 heteroatoms. The molecular weight excluding hydrogens is 250 g/mol. The third-order valence-corrected chi connectivity index (χ3v) is 2.93. The molecule has 1 unspecified atom stereocenters. The summed E-state index contributed by atoms with van der Waals surface area (Å²) in [6.07, 6.45) is 5.45. The van der Waals surface area contributed by atoms with E-state index in [1.165, 1.54) is 0 Å². The molecule has 3 nitrogen and oxygen atoms in total. The van der Waals surface area contributed by atoms with Gasteiger partial charge in [0.15, 0.2) is 5.78 Å². The highest BCUT2D eigenvalue weighted by molar-refractivity contribution is 5.81. The fraction of sp³-hybridized carbons (Fsp3) is 0.471. The molecule has 112 valence electrons. The van der Waals surface area contributed by atoms with E-state index in [2.05, 4.69) is 13.2 Å². The van der Waals surface area contributed by atoms with Crippen molar-refractivity contribution in [2.45, 2.75) is 33.7 Å². The average molecular weight is 277 g/mol. The lowest BCUT2D eigenvalue weighted by atomic mass is 9.99. The summed E-state index contributed by atoms with van der Waals surface area (Å²) >= 11 is 0. The largest absolute Gasteiger partial charge is 0.496 e. The van der Waals surface area contributed by atoms with Crippen LogP contribution in [0, 0.1) is 5.92 Å². The van der Waals surface area contributed by atoms with Crippen LogP contribution in [0.5, 0.6) is 0 Å². The number of rotatable bonds is 8. The minimum atomic E-state index is -0.159. The summed E-state index contributed by atoms with van der Waals surface area (Å²) in [6, 6.07) is -0.159. The second-order valence-corrected chi connectivity index (χ2v) is 5.31. The Labute approximate surface area is 123 Å². The third kappa shape index (κ3) is 5.47. The molecule has 0 aliphatic heterocycles. The second-order valence-electron chi connectivity index (χ2n) is 5.31. The Bertz CT molecular complexity index is 430. The molecule has 1 atom stereocenters. The van der Waals surface area contributed by atoms with E-state index >= 15 is 0 Å². The van der Waals surface area contributed by atoms with Crippen LogP contribution in [0.2, 0.25) is 0 Å². The fourth-order valence-corrected chi connectivity index (χ4v) is 2.23. The maximum Gasteiger partial charge on any atom is 0.152 e. The molecule has 0 aliphatic rings. The van der Waals surface area contributed by atoms with Crippen LogP contribution in [-0.4, -0.2) is 30.9 Å². The van der Waals surface area contributed by atoms with Crippen molar-refractivity contribution in [2.24, 2.45) is 5.92 Å². The molecule has 0 aromatic carbocycles. The minimum Gasteiger partial charge on any atom is -0.496 e. The lowest BCUT2D eigenvalue weighted by Crippen LogP contribution is -2.38. The van der Waals surface area contributed by atoms with Crippen LogP contribution in [0.4, 0.5) is 0 Å². The van der Waals surface area contributed by atoms with Crippen LogP contribution < -0.4 is 0 Å². The van der Waals surface area contributed by atoms with E-state index in [0.717, 1.165) is 11.1 Å². The number of carbonyl (C=O) groups is 1. The van der Waals surface area contributed by atoms with E-state index in [0.29, 0.717) is 5.76 Å². The van der Waals surface area contributed by atoms with Gasteiger partial charge in [-0.1, -0.05) is 38.7 Å². The van der Waals surface area contributed by atoms with Gasteiger partial charge < -0.3 is 9.64 Å². The summed E-state index contributed by atoms with van der Waals surface area (Å²) in [5.74, 6) is 1.06. The van der Waals surface area contributed by atoms with E-state index in [1.54, 1.807) is 20.1 Å². The quantitative estimate of drug-likeness (QED) is 0.500. The summed E-state index contributed by atoms with van der Waals surface area (Å²) in [7, 11) is 3.50. The number of likely N-dealkylation sites (N-methyl/N-ethyl adjacent to an activating group) is 1. The normalized spacial score (nSPS) is 13.9. The minimum absolute atomic E-state index is 0.144. The first kappa shape index (κ1) is 18.2. The van der Waals surface area contributed by atoms with Gasteiger partial charge in [0, 0.05) is 18.8 Å². The molecule has 0 radical (unpaired) electrons. The van der Waals surface area contributed by atoms with Crippen molar-refractivity contribution in [1.29, 1.82) is 0 Å². The van der Waals surface area contributed by atoms with Crippen molar-refractivity contribution >= 4 is 5.78 Å². The zero-order chi connectivity index (χ0) is 15.9. The van der Waals surface area contributed by atoms with Crippen molar-refractivity contribution in [1.82, 2.24) is 4.90 Å². The van der Waals surface area contributed by atoms with Gasteiger partial charge in [-0.3, -0.25) is 4.79 Å². The molecule has 0 aromatic heterocycles. The highest BCUT2D eigenvalue weighted by Crippen LogP contribution is 2.18. The van der Waals surface area contributed by atoms with Crippen molar-refractivity contribution in [3.05, 3.63) is 48.4 Å². The molecule has 0 fully saturated rings. The fourth-order valence-electron chi connectivity index (χ4n) is 2.23. The van der Waals surface area contributed by atoms with Gasteiger partial charge in [0.2, 0.25) is 0 Å². The van der Waals surface area contributed by atoms with Gasteiger partial charge in [0.05, 0.1) is 13.2 Å². The van der Waals surface area contributed by atoms with E-state index < -0.39 is 0 Å². The molecule has 0 bridgehead atoms. The third-order valence-electron chi connectivity index (χ3n) is 2.93. The van der Waals surface area contributed by atoms with Crippen LogP contribution in [0.1, 0.15) is 27.7 Å². The highest BCUT2D eigenvalue weighted by Gasteiger charge is 2.21. The topological polar surface area (TPSA) is 29.5 Å². The Morgan fingerprint density at radius 2 is 1.85 bits per heavy atom. The van der Waals surface area contributed by atoms with Crippen molar-refractivity contribution in [3.8, 4) is 0 Å². The molecule has 0 amide bonds. The molecule has 0 saturated carbocycles. The van der Waals surface area contributed by atoms with Crippen LogP contribution in [-0.2, 0) is 9.53 Å². The standard InChI is InChI=1S/C17H27NO2/c1-9-15(16(20-8)10-12(2)3)11-18(7)17(13(4)5)14(6)19/h9-11,13,17H,1-2H2,3-8H3/b15-11+,16-10-. The summed E-state index contributed by atoms with van der Waals surface area (Å²) in [5.41, 5.74) is 1.72. The first-order valence-electron chi connectivity index (χ1n) is 6.72. The predicted octanol–water partition coefficient (Wildman–Crippen LogP) is 3.71. The maximum atomic E-state index is 11.8. The summed E-state index contributed by atoms with van der Waals surface area (Å²) in [6.45, 7) is 15.2. The number of nitrogens with zero attached hydrogens (tertiary/aromatic N) is 1. The molecule has 20 heavy (non-hydrogen) atoms. The Kier molecular flexibility index (Phi) is 7.67.